The second kappa shape index (κ2) is 4.83. The molecule has 0 unspecified atom stereocenters. The summed E-state index contributed by atoms with van der Waals surface area (Å²) in [6.07, 6.45) is 3.08. The molecule has 0 spiro atoms. The van der Waals surface area contributed by atoms with E-state index in [9.17, 15) is 4.39 Å². The number of nitrogen functional groups attached to an aromatic ring is 1. The number of hydrogen-bond acceptors (Lipinski definition) is 4. The number of nitrogens with zero attached hydrogens (tertiary/aromatic N) is 2. The molecule has 1 saturated carbocycles. The predicted molar refractivity (Wildman–Crippen MR) is 75.6 cm³/mol. The van der Waals surface area contributed by atoms with Gasteiger partial charge in [-0.05, 0) is 25.3 Å². The maximum atomic E-state index is 13.8. The molecule has 5 heteroatoms. The quantitative estimate of drug-likeness (QED) is 0.666. The van der Waals surface area contributed by atoms with E-state index in [1.807, 2.05) is 18.2 Å². The van der Waals surface area contributed by atoms with E-state index in [1.165, 1.54) is 5.56 Å². The van der Waals surface area contributed by atoms with Crippen LogP contribution in [0.1, 0.15) is 36.3 Å². The van der Waals surface area contributed by atoms with E-state index in [0.717, 1.165) is 19.3 Å². The Morgan fingerprint density at radius 3 is 2.45 bits per heavy atom. The molecule has 1 aromatic carbocycles. The number of anilines is 1. The molecule has 0 saturated heterocycles. The molecule has 1 fully saturated rings. The van der Waals surface area contributed by atoms with Gasteiger partial charge in [0, 0.05) is 0 Å². The molecular formula is C15H17FN4. The van der Waals surface area contributed by atoms with Gasteiger partial charge in [-0.25, -0.2) is 20.2 Å². The van der Waals surface area contributed by atoms with Gasteiger partial charge in [-0.15, -0.1) is 0 Å². The van der Waals surface area contributed by atoms with E-state index >= 15 is 0 Å². The molecule has 3 N–H and O–H groups in total. The topological polar surface area (TPSA) is 63.8 Å². The fourth-order valence-corrected chi connectivity index (χ4v) is 2.80. The Bertz CT molecular complexity index is 623. The van der Waals surface area contributed by atoms with Gasteiger partial charge in [-0.1, -0.05) is 36.8 Å². The van der Waals surface area contributed by atoms with Crippen LogP contribution in [0.3, 0.4) is 0 Å². The number of nitrogens with one attached hydrogen (secondary N) is 1. The summed E-state index contributed by atoms with van der Waals surface area (Å²) in [6.45, 7) is 1.64. The lowest BCUT2D eigenvalue weighted by Crippen LogP contribution is -2.38. The second-order valence-corrected chi connectivity index (χ2v) is 5.24. The van der Waals surface area contributed by atoms with Crippen LogP contribution in [-0.4, -0.2) is 9.97 Å². The molecule has 0 radical (unpaired) electrons. The van der Waals surface area contributed by atoms with Crippen molar-refractivity contribution >= 4 is 5.82 Å². The fourth-order valence-electron chi connectivity index (χ4n) is 2.80. The van der Waals surface area contributed by atoms with Crippen molar-refractivity contribution in [3.8, 4) is 0 Å². The summed E-state index contributed by atoms with van der Waals surface area (Å²) in [5.74, 6) is 5.58. The highest BCUT2D eigenvalue weighted by atomic mass is 19.1. The van der Waals surface area contributed by atoms with Crippen LogP contribution < -0.4 is 11.3 Å². The highest BCUT2D eigenvalue weighted by Crippen LogP contribution is 2.47. The van der Waals surface area contributed by atoms with Gasteiger partial charge in [0.15, 0.2) is 11.6 Å². The number of rotatable bonds is 3. The minimum absolute atomic E-state index is 0.0645. The summed E-state index contributed by atoms with van der Waals surface area (Å²) in [5, 5.41) is 0. The van der Waals surface area contributed by atoms with Crippen LogP contribution in [0, 0.1) is 12.7 Å². The van der Waals surface area contributed by atoms with Crippen molar-refractivity contribution in [1.29, 1.82) is 0 Å². The molecule has 104 valence electrons. The zero-order chi connectivity index (χ0) is 14.2. The van der Waals surface area contributed by atoms with Gasteiger partial charge < -0.3 is 5.43 Å². The molecule has 2 aromatic rings. The summed E-state index contributed by atoms with van der Waals surface area (Å²) in [7, 11) is 0. The van der Waals surface area contributed by atoms with Crippen molar-refractivity contribution in [2.75, 3.05) is 5.43 Å². The van der Waals surface area contributed by atoms with E-state index in [2.05, 4.69) is 27.5 Å². The smallest absolute Gasteiger partial charge is 0.187 e. The highest BCUT2D eigenvalue weighted by molar-refractivity contribution is 5.42. The summed E-state index contributed by atoms with van der Waals surface area (Å²) < 4.78 is 13.8. The zero-order valence-electron chi connectivity index (χ0n) is 11.4. The molecule has 3 rings (SSSR count). The van der Waals surface area contributed by atoms with Gasteiger partial charge in [0.05, 0.1) is 11.1 Å². The van der Waals surface area contributed by atoms with Crippen molar-refractivity contribution in [2.45, 2.75) is 31.6 Å². The molecule has 0 bridgehead atoms. The molecule has 0 amide bonds. The minimum atomic E-state index is -0.487. The lowest BCUT2D eigenvalue weighted by Gasteiger charge is -2.41. The van der Waals surface area contributed by atoms with Gasteiger partial charge >= 0.3 is 0 Å². The van der Waals surface area contributed by atoms with Gasteiger partial charge in [0.25, 0.3) is 0 Å². The Kier molecular flexibility index (Phi) is 3.14. The van der Waals surface area contributed by atoms with E-state index in [4.69, 9.17) is 5.84 Å². The maximum absolute atomic E-state index is 13.8. The third-order valence-corrected chi connectivity index (χ3v) is 4.12. The monoisotopic (exact) mass is 272 g/mol. The van der Waals surface area contributed by atoms with Crippen molar-refractivity contribution in [2.24, 2.45) is 5.84 Å². The van der Waals surface area contributed by atoms with Crippen LogP contribution in [0.2, 0.25) is 0 Å². The van der Waals surface area contributed by atoms with Crippen LogP contribution in [0.15, 0.2) is 30.3 Å². The third-order valence-electron chi connectivity index (χ3n) is 4.12. The number of nitrogens with two attached hydrogens (primary N) is 1. The molecule has 1 aliphatic rings. The molecule has 1 aliphatic carbocycles. The summed E-state index contributed by atoms with van der Waals surface area (Å²) in [5.41, 5.74) is 3.62. The first-order valence-electron chi connectivity index (χ1n) is 6.74. The van der Waals surface area contributed by atoms with E-state index in [-0.39, 0.29) is 11.2 Å². The highest BCUT2D eigenvalue weighted by Gasteiger charge is 2.43. The number of hydrazine groups is 1. The first kappa shape index (κ1) is 13.0. The third kappa shape index (κ3) is 1.86. The van der Waals surface area contributed by atoms with Gasteiger partial charge in [0.1, 0.15) is 5.82 Å². The minimum Gasteiger partial charge on any atom is -0.306 e. The number of benzene rings is 1. The van der Waals surface area contributed by atoms with Crippen LogP contribution in [-0.2, 0) is 5.41 Å². The Morgan fingerprint density at radius 2 is 1.90 bits per heavy atom. The Morgan fingerprint density at radius 1 is 1.20 bits per heavy atom. The predicted octanol–water partition coefficient (Wildman–Crippen LogP) is 2.68. The Balaban J connectivity index is 2.13. The first-order valence-corrected chi connectivity index (χ1v) is 6.74. The molecule has 0 aliphatic heterocycles. The normalized spacial score (nSPS) is 16.6. The molecule has 4 nitrogen and oxygen atoms in total. The van der Waals surface area contributed by atoms with E-state index in [1.54, 1.807) is 6.92 Å². The average molecular weight is 272 g/mol. The van der Waals surface area contributed by atoms with Crippen LogP contribution in [0.5, 0.6) is 0 Å². The molecule has 20 heavy (non-hydrogen) atoms. The Hall–Kier alpha value is -2.01. The molecule has 1 aromatic heterocycles. The van der Waals surface area contributed by atoms with Crippen molar-refractivity contribution in [3.05, 3.63) is 53.2 Å². The standard InChI is InChI=1S/C15H17FN4/c1-10-12(16)13(20-17)19-14(18-10)15(8-5-9-15)11-6-3-2-4-7-11/h2-4,6-7H,5,8-9,17H2,1H3,(H,18,19,20). The van der Waals surface area contributed by atoms with Crippen LogP contribution in [0.4, 0.5) is 10.2 Å². The maximum Gasteiger partial charge on any atom is 0.187 e. The van der Waals surface area contributed by atoms with Gasteiger partial charge in [-0.2, -0.15) is 0 Å². The second-order valence-electron chi connectivity index (χ2n) is 5.24. The van der Waals surface area contributed by atoms with Crippen LogP contribution >= 0.6 is 0 Å². The number of halogens is 1. The molecular weight excluding hydrogens is 255 g/mol. The lowest BCUT2D eigenvalue weighted by atomic mass is 9.64. The summed E-state index contributed by atoms with van der Waals surface area (Å²) in [6, 6.07) is 10.2. The van der Waals surface area contributed by atoms with Crippen molar-refractivity contribution in [3.63, 3.8) is 0 Å². The van der Waals surface area contributed by atoms with Crippen molar-refractivity contribution in [1.82, 2.24) is 9.97 Å². The summed E-state index contributed by atoms with van der Waals surface area (Å²) in [4.78, 5) is 8.67. The first-order chi connectivity index (χ1) is 9.67. The number of aromatic nitrogens is 2. The fraction of sp³-hybridized carbons (Fsp3) is 0.333. The van der Waals surface area contributed by atoms with E-state index in [0.29, 0.717) is 11.5 Å². The molecule has 0 atom stereocenters. The summed E-state index contributed by atoms with van der Waals surface area (Å²) >= 11 is 0. The number of hydrogen-bond donors (Lipinski definition) is 2. The SMILES string of the molecule is Cc1nc(C2(c3ccccc3)CCC2)nc(NN)c1F. The van der Waals surface area contributed by atoms with Gasteiger partial charge in [0.2, 0.25) is 0 Å². The number of aryl methyl sites for hydroxylation is 1. The Labute approximate surface area is 117 Å². The van der Waals surface area contributed by atoms with E-state index < -0.39 is 5.82 Å². The molecule has 1 heterocycles. The average Bonchev–Trinajstić information content (AvgIpc) is 2.42. The lowest BCUT2D eigenvalue weighted by molar-refractivity contribution is 0.284. The zero-order valence-corrected chi connectivity index (χ0v) is 11.4. The largest absolute Gasteiger partial charge is 0.306 e. The van der Waals surface area contributed by atoms with Crippen molar-refractivity contribution < 1.29 is 4.39 Å². The van der Waals surface area contributed by atoms with Crippen LogP contribution in [0.25, 0.3) is 0 Å². The van der Waals surface area contributed by atoms with Gasteiger partial charge in [-0.3, -0.25) is 0 Å².